The number of thiophene rings is 1. The van der Waals surface area contributed by atoms with Crippen LogP contribution in [0.4, 0.5) is 0 Å². The fourth-order valence-corrected chi connectivity index (χ4v) is 6.21. The van der Waals surface area contributed by atoms with Gasteiger partial charge in [0.1, 0.15) is 0 Å². The first-order valence-electron chi connectivity index (χ1n) is 11.1. The quantitative estimate of drug-likeness (QED) is 0.246. The molecule has 0 unspecified atom stereocenters. The lowest BCUT2D eigenvalue weighted by atomic mass is 9.95. The minimum atomic E-state index is 1.06. The van der Waals surface area contributed by atoms with Crippen LogP contribution in [0.2, 0.25) is 0 Å². The number of pyridine rings is 1. The Morgan fingerprint density at radius 1 is 0.515 bits per heavy atom. The number of hydrogen-bond acceptors (Lipinski definition) is 2. The SMILES string of the molecule is c1cc(-c2ccnc3c2ccc2ccccc23)cc(-c2cccc3c2sc2ccccc23)c1. The number of rotatable bonds is 2. The van der Waals surface area contributed by atoms with Gasteiger partial charge in [0.25, 0.3) is 0 Å². The van der Waals surface area contributed by atoms with E-state index >= 15 is 0 Å². The lowest BCUT2D eigenvalue weighted by molar-refractivity contribution is 1.42. The fourth-order valence-electron chi connectivity index (χ4n) is 4.97. The van der Waals surface area contributed by atoms with Crippen molar-refractivity contribution >= 4 is 53.2 Å². The summed E-state index contributed by atoms with van der Waals surface area (Å²) in [5, 5.41) is 6.28. The van der Waals surface area contributed by atoms with Gasteiger partial charge in [-0.2, -0.15) is 0 Å². The van der Waals surface area contributed by atoms with E-state index in [-0.39, 0.29) is 0 Å². The molecule has 0 atom stereocenters. The van der Waals surface area contributed by atoms with E-state index in [1.807, 2.05) is 17.5 Å². The summed E-state index contributed by atoms with van der Waals surface area (Å²) in [6.45, 7) is 0. The van der Waals surface area contributed by atoms with Crippen LogP contribution in [0.15, 0.2) is 115 Å². The first-order chi connectivity index (χ1) is 16.4. The van der Waals surface area contributed by atoms with E-state index in [4.69, 9.17) is 4.98 Å². The van der Waals surface area contributed by atoms with Crippen molar-refractivity contribution in [3.05, 3.63) is 115 Å². The molecule has 7 rings (SSSR count). The van der Waals surface area contributed by atoms with Crippen LogP contribution in [0.3, 0.4) is 0 Å². The van der Waals surface area contributed by atoms with Crippen molar-refractivity contribution in [2.75, 3.05) is 0 Å². The van der Waals surface area contributed by atoms with Crippen LogP contribution < -0.4 is 0 Å². The first-order valence-corrected chi connectivity index (χ1v) is 12.0. The predicted molar refractivity (Wildman–Crippen MR) is 143 cm³/mol. The number of aromatic nitrogens is 1. The third kappa shape index (κ3) is 2.88. The maximum atomic E-state index is 4.74. The van der Waals surface area contributed by atoms with E-state index in [2.05, 4.69) is 109 Å². The van der Waals surface area contributed by atoms with Crippen LogP contribution in [0.25, 0.3) is 64.1 Å². The zero-order chi connectivity index (χ0) is 21.8. The van der Waals surface area contributed by atoms with Crippen LogP contribution >= 0.6 is 11.3 Å². The maximum absolute atomic E-state index is 4.74. The molecule has 0 aliphatic carbocycles. The normalized spacial score (nSPS) is 11.6. The van der Waals surface area contributed by atoms with E-state index in [0.29, 0.717) is 0 Å². The molecule has 1 nitrogen and oxygen atoms in total. The van der Waals surface area contributed by atoms with Crippen molar-refractivity contribution in [2.24, 2.45) is 0 Å². The van der Waals surface area contributed by atoms with Gasteiger partial charge in [-0.05, 0) is 45.8 Å². The van der Waals surface area contributed by atoms with Gasteiger partial charge in [0, 0.05) is 37.1 Å². The highest BCUT2D eigenvalue weighted by Crippen LogP contribution is 2.41. The smallest absolute Gasteiger partial charge is 0.0786 e. The lowest BCUT2D eigenvalue weighted by Gasteiger charge is -2.11. The topological polar surface area (TPSA) is 12.9 Å². The number of benzene rings is 5. The number of hydrogen-bond donors (Lipinski definition) is 0. The molecule has 7 aromatic rings. The summed E-state index contributed by atoms with van der Waals surface area (Å²) >= 11 is 1.88. The summed E-state index contributed by atoms with van der Waals surface area (Å²) < 4.78 is 2.68. The molecule has 0 bridgehead atoms. The molecular weight excluding hydrogens is 418 g/mol. The van der Waals surface area contributed by atoms with Crippen molar-refractivity contribution in [2.45, 2.75) is 0 Å². The van der Waals surface area contributed by atoms with Crippen LogP contribution in [-0.4, -0.2) is 4.98 Å². The Morgan fingerprint density at radius 3 is 2.21 bits per heavy atom. The van der Waals surface area contributed by atoms with Gasteiger partial charge in [0.2, 0.25) is 0 Å². The second-order valence-electron chi connectivity index (χ2n) is 8.40. The van der Waals surface area contributed by atoms with E-state index in [0.717, 1.165) is 5.52 Å². The highest BCUT2D eigenvalue weighted by atomic mass is 32.1. The van der Waals surface area contributed by atoms with Crippen LogP contribution in [0, 0.1) is 0 Å². The average molecular weight is 438 g/mol. The Balaban J connectivity index is 1.45. The van der Waals surface area contributed by atoms with Crippen LogP contribution in [-0.2, 0) is 0 Å². The second-order valence-corrected chi connectivity index (χ2v) is 9.45. The lowest BCUT2D eigenvalue weighted by Crippen LogP contribution is -1.87. The molecule has 0 aliphatic heterocycles. The van der Waals surface area contributed by atoms with E-state index in [9.17, 15) is 0 Å². The van der Waals surface area contributed by atoms with Gasteiger partial charge >= 0.3 is 0 Å². The molecule has 2 heteroatoms. The third-order valence-electron chi connectivity index (χ3n) is 6.52. The third-order valence-corrected chi connectivity index (χ3v) is 7.74. The molecule has 2 heterocycles. The summed E-state index contributed by atoms with van der Waals surface area (Å²) in [6, 6.07) is 39.3. The molecule has 154 valence electrons. The van der Waals surface area contributed by atoms with Gasteiger partial charge in [-0.25, -0.2) is 0 Å². The second kappa shape index (κ2) is 7.26. The molecule has 33 heavy (non-hydrogen) atoms. The average Bonchev–Trinajstić information content (AvgIpc) is 3.27. The molecule has 0 spiro atoms. The molecule has 0 fully saturated rings. The summed E-state index contributed by atoms with van der Waals surface area (Å²) in [5.74, 6) is 0. The summed E-state index contributed by atoms with van der Waals surface area (Å²) in [5.41, 5.74) is 6.03. The summed E-state index contributed by atoms with van der Waals surface area (Å²) in [6.07, 6.45) is 1.93. The Hall–Kier alpha value is -4.01. The Labute approximate surface area is 195 Å². The molecule has 0 N–H and O–H groups in total. The minimum absolute atomic E-state index is 1.06. The van der Waals surface area contributed by atoms with Gasteiger partial charge in [-0.1, -0.05) is 91.0 Å². The van der Waals surface area contributed by atoms with E-state index < -0.39 is 0 Å². The van der Waals surface area contributed by atoms with Gasteiger partial charge in [-0.15, -0.1) is 11.3 Å². The van der Waals surface area contributed by atoms with Gasteiger partial charge in [0.05, 0.1) is 5.52 Å². The summed E-state index contributed by atoms with van der Waals surface area (Å²) in [7, 11) is 0. The molecule has 2 aromatic heterocycles. The summed E-state index contributed by atoms with van der Waals surface area (Å²) in [4.78, 5) is 4.74. The minimum Gasteiger partial charge on any atom is -0.256 e. The monoisotopic (exact) mass is 437 g/mol. The molecule has 0 amide bonds. The van der Waals surface area contributed by atoms with Crippen LogP contribution in [0.1, 0.15) is 0 Å². The van der Waals surface area contributed by atoms with Gasteiger partial charge in [0.15, 0.2) is 0 Å². The van der Waals surface area contributed by atoms with Crippen LogP contribution in [0.5, 0.6) is 0 Å². The number of nitrogens with zero attached hydrogens (tertiary/aromatic N) is 1. The Bertz CT molecular complexity index is 1830. The standard InChI is InChI=1S/C31H19NS/c1-2-10-24-20(7-1)15-16-27-23(17-18-32-30(24)27)21-8-5-9-22(19-21)25-12-6-13-28-26-11-3-4-14-29(26)33-31(25)28/h1-19H. The first kappa shape index (κ1) is 18.6. The molecular formula is C31H19NS. The predicted octanol–water partition coefficient (Wildman–Crippen LogP) is 9.09. The molecule has 0 saturated heterocycles. The van der Waals surface area contributed by atoms with Crippen molar-refractivity contribution in [1.29, 1.82) is 0 Å². The highest BCUT2D eigenvalue weighted by molar-refractivity contribution is 7.26. The molecule has 0 radical (unpaired) electrons. The highest BCUT2D eigenvalue weighted by Gasteiger charge is 2.12. The maximum Gasteiger partial charge on any atom is 0.0786 e. The molecule has 0 saturated carbocycles. The zero-order valence-corrected chi connectivity index (χ0v) is 18.6. The molecule has 5 aromatic carbocycles. The Kier molecular flexibility index (Phi) is 4.08. The van der Waals surface area contributed by atoms with Crippen molar-refractivity contribution in [3.8, 4) is 22.3 Å². The Morgan fingerprint density at radius 2 is 1.27 bits per heavy atom. The van der Waals surface area contributed by atoms with Gasteiger partial charge in [-0.3, -0.25) is 4.98 Å². The van der Waals surface area contributed by atoms with Crippen molar-refractivity contribution < 1.29 is 0 Å². The van der Waals surface area contributed by atoms with Gasteiger partial charge < -0.3 is 0 Å². The zero-order valence-electron chi connectivity index (χ0n) is 17.8. The fraction of sp³-hybridized carbons (Fsp3) is 0. The van der Waals surface area contributed by atoms with Crippen molar-refractivity contribution in [1.82, 2.24) is 4.98 Å². The van der Waals surface area contributed by atoms with E-state index in [1.54, 1.807) is 0 Å². The molecule has 0 aliphatic rings. The van der Waals surface area contributed by atoms with E-state index in [1.165, 1.54) is 58.6 Å². The van der Waals surface area contributed by atoms with Crippen molar-refractivity contribution in [3.63, 3.8) is 0 Å². The number of fused-ring (bicyclic) bond motifs is 6. The largest absolute Gasteiger partial charge is 0.256 e.